The van der Waals surface area contributed by atoms with E-state index >= 15 is 0 Å². The van der Waals surface area contributed by atoms with E-state index in [-0.39, 0.29) is 11.7 Å². The number of ether oxygens (including phenoxy) is 2. The van der Waals surface area contributed by atoms with Gasteiger partial charge in [-0.25, -0.2) is 0 Å². The van der Waals surface area contributed by atoms with Gasteiger partial charge in [-0.1, -0.05) is 35.5 Å². The fourth-order valence-corrected chi connectivity index (χ4v) is 4.16. The Labute approximate surface area is 186 Å². The second-order valence-electron chi connectivity index (χ2n) is 7.35. The van der Waals surface area contributed by atoms with Crippen LogP contribution in [0, 0.1) is 6.92 Å². The van der Waals surface area contributed by atoms with Gasteiger partial charge in [0.05, 0.1) is 19.0 Å². The number of nitrogens with zero attached hydrogens (tertiary/aromatic N) is 3. The molecule has 0 saturated carbocycles. The molecule has 0 saturated heterocycles. The number of carbonyl (C=O) groups excluding carboxylic acids is 1. The maximum absolute atomic E-state index is 12.3. The molecule has 1 aliphatic heterocycles. The molecule has 1 aliphatic rings. The summed E-state index contributed by atoms with van der Waals surface area (Å²) in [7, 11) is 0. The summed E-state index contributed by atoms with van der Waals surface area (Å²) in [4.78, 5) is 12.3. The molecule has 7 nitrogen and oxygen atoms in total. The number of amides is 1. The number of nitrogens with one attached hydrogen (secondary N) is 1. The van der Waals surface area contributed by atoms with Gasteiger partial charge in [-0.05, 0) is 43.7 Å². The SMILES string of the molecule is CCn1c(Cc2ccc3c(c2)OCCCO3)nnc1SCC(=O)Nc1ccc(C)cc1. The smallest absolute Gasteiger partial charge is 0.234 e. The van der Waals surface area contributed by atoms with Crippen LogP contribution >= 0.6 is 11.8 Å². The molecule has 0 radical (unpaired) electrons. The summed E-state index contributed by atoms with van der Waals surface area (Å²) in [5, 5.41) is 12.3. The van der Waals surface area contributed by atoms with Crippen LogP contribution in [0.25, 0.3) is 0 Å². The van der Waals surface area contributed by atoms with Crippen LogP contribution in [0.2, 0.25) is 0 Å². The molecular formula is C23H26N4O3S. The predicted molar refractivity (Wildman–Crippen MR) is 121 cm³/mol. The van der Waals surface area contributed by atoms with E-state index in [1.807, 2.05) is 54.0 Å². The molecule has 1 amide bonds. The topological polar surface area (TPSA) is 78.3 Å². The molecule has 31 heavy (non-hydrogen) atoms. The van der Waals surface area contributed by atoms with Crippen molar-refractivity contribution in [3.8, 4) is 11.5 Å². The van der Waals surface area contributed by atoms with Crippen molar-refractivity contribution in [3.05, 3.63) is 59.4 Å². The fourth-order valence-electron chi connectivity index (χ4n) is 3.34. The Hall–Kier alpha value is -3.00. The summed E-state index contributed by atoms with van der Waals surface area (Å²) in [5.74, 6) is 2.63. The zero-order chi connectivity index (χ0) is 21.6. The van der Waals surface area contributed by atoms with E-state index in [2.05, 4.69) is 22.4 Å². The summed E-state index contributed by atoms with van der Waals surface area (Å²) in [6.07, 6.45) is 1.51. The molecule has 0 aliphatic carbocycles. The lowest BCUT2D eigenvalue weighted by molar-refractivity contribution is -0.113. The minimum atomic E-state index is -0.0658. The molecule has 162 valence electrons. The minimum absolute atomic E-state index is 0.0658. The first-order valence-electron chi connectivity index (χ1n) is 10.4. The second-order valence-corrected chi connectivity index (χ2v) is 8.30. The minimum Gasteiger partial charge on any atom is -0.490 e. The molecule has 0 atom stereocenters. The van der Waals surface area contributed by atoms with E-state index in [1.54, 1.807) is 0 Å². The van der Waals surface area contributed by atoms with Crippen molar-refractivity contribution in [2.45, 2.75) is 38.4 Å². The monoisotopic (exact) mass is 438 g/mol. The van der Waals surface area contributed by atoms with Gasteiger partial charge in [-0.3, -0.25) is 4.79 Å². The number of carbonyl (C=O) groups is 1. The molecule has 0 spiro atoms. The van der Waals surface area contributed by atoms with Crippen LogP contribution in [0.5, 0.6) is 11.5 Å². The van der Waals surface area contributed by atoms with E-state index in [1.165, 1.54) is 11.8 Å². The summed E-state index contributed by atoms with van der Waals surface area (Å²) in [6, 6.07) is 13.7. The first-order chi connectivity index (χ1) is 15.1. The molecule has 3 aromatic rings. The number of hydrogen-bond donors (Lipinski definition) is 1. The van der Waals surface area contributed by atoms with E-state index in [9.17, 15) is 4.79 Å². The highest BCUT2D eigenvalue weighted by Crippen LogP contribution is 2.31. The number of hydrogen-bond acceptors (Lipinski definition) is 6. The van der Waals surface area contributed by atoms with Crippen molar-refractivity contribution >= 4 is 23.4 Å². The van der Waals surface area contributed by atoms with Gasteiger partial charge in [0.25, 0.3) is 0 Å². The van der Waals surface area contributed by atoms with Gasteiger partial charge < -0.3 is 19.4 Å². The number of rotatable bonds is 7. The van der Waals surface area contributed by atoms with E-state index < -0.39 is 0 Å². The van der Waals surface area contributed by atoms with Crippen molar-refractivity contribution in [1.29, 1.82) is 0 Å². The summed E-state index contributed by atoms with van der Waals surface area (Å²) in [5.41, 5.74) is 3.03. The molecule has 1 N–H and O–H groups in total. The average molecular weight is 439 g/mol. The lowest BCUT2D eigenvalue weighted by Crippen LogP contribution is -2.14. The summed E-state index contributed by atoms with van der Waals surface area (Å²) in [6.45, 7) is 6.14. The number of aromatic nitrogens is 3. The summed E-state index contributed by atoms with van der Waals surface area (Å²) >= 11 is 1.39. The van der Waals surface area contributed by atoms with Crippen molar-refractivity contribution < 1.29 is 14.3 Å². The van der Waals surface area contributed by atoms with Crippen LogP contribution < -0.4 is 14.8 Å². The van der Waals surface area contributed by atoms with Crippen LogP contribution in [0.15, 0.2) is 47.6 Å². The van der Waals surface area contributed by atoms with Gasteiger partial charge in [-0.2, -0.15) is 0 Å². The highest BCUT2D eigenvalue weighted by Gasteiger charge is 2.16. The highest BCUT2D eigenvalue weighted by molar-refractivity contribution is 7.99. The molecule has 0 unspecified atom stereocenters. The van der Waals surface area contributed by atoms with Crippen LogP contribution in [0.4, 0.5) is 5.69 Å². The number of fused-ring (bicyclic) bond motifs is 1. The zero-order valence-corrected chi connectivity index (χ0v) is 18.6. The largest absolute Gasteiger partial charge is 0.490 e. The average Bonchev–Trinajstić information content (AvgIpc) is 3.00. The molecule has 0 bridgehead atoms. The number of anilines is 1. The van der Waals surface area contributed by atoms with Crippen molar-refractivity contribution in [2.24, 2.45) is 0 Å². The molecule has 8 heteroatoms. The predicted octanol–water partition coefficient (Wildman–Crippen LogP) is 4.09. The quantitative estimate of drug-likeness (QED) is 0.560. The lowest BCUT2D eigenvalue weighted by Gasteiger charge is -2.10. The first kappa shape index (κ1) is 21.2. The molecule has 2 aromatic carbocycles. The number of thioether (sulfide) groups is 1. The first-order valence-corrected chi connectivity index (χ1v) is 11.4. The van der Waals surface area contributed by atoms with Crippen LogP contribution in [-0.4, -0.2) is 39.6 Å². The molecule has 4 rings (SSSR count). The van der Waals surface area contributed by atoms with E-state index in [0.29, 0.717) is 19.6 Å². The number of benzene rings is 2. The third kappa shape index (κ3) is 5.38. The Bertz CT molecular complexity index is 1050. The fraction of sp³-hybridized carbons (Fsp3) is 0.348. The Morgan fingerprint density at radius 3 is 2.65 bits per heavy atom. The van der Waals surface area contributed by atoms with Gasteiger partial charge in [0, 0.05) is 25.1 Å². The van der Waals surface area contributed by atoms with E-state index in [0.717, 1.165) is 52.3 Å². The van der Waals surface area contributed by atoms with Crippen molar-refractivity contribution in [1.82, 2.24) is 14.8 Å². The Morgan fingerprint density at radius 1 is 1.10 bits per heavy atom. The van der Waals surface area contributed by atoms with E-state index in [4.69, 9.17) is 9.47 Å². The van der Waals surface area contributed by atoms with Crippen LogP contribution in [0.3, 0.4) is 0 Å². The van der Waals surface area contributed by atoms with Gasteiger partial charge in [0.2, 0.25) is 5.91 Å². The standard InChI is InChI=1S/C23H26N4O3S/c1-3-27-21(14-17-7-10-19-20(13-17)30-12-4-11-29-19)25-26-23(27)31-15-22(28)24-18-8-5-16(2)6-9-18/h5-10,13H,3-4,11-12,14-15H2,1-2H3,(H,24,28). The molecular weight excluding hydrogens is 412 g/mol. The van der Waals surface area contributed by atoms with Crippen molar-refractivity contribution in [3.63, 3.8) is 0 Å². The summed E-state index contributed by atoms with van der Waals surface area (Å²) < 4.78 is 13.5. The maximum atomic E-state index is 12.3. The molecule has 2 heterocycles. The third-order valence-corrected chi connectivity index (χ3v) is 5.92. The normalized spacial score (nSPS) is 13.0. The highest BCUT2D eigenvalue weighted by atomic mass is 32.2. The Morgan fingerprint density at radius 2 is 1.87 bits per heavy atom. The third-order valence-electron chi connectivity index (χ3n) is 4.95. The Balaban J connectivity index is 1.40. The molecule has 0 fully saturated rings. The number of aryl methyl sites for hydroxylation is 1. The van der Waals surface area contributed by atoms with Crippen LogP contribution in [-0.2, 0) is 17.8 Å². The maximum Gasteiger partial charge on any atom is 0.234 e. The lowest BCUT2D eigenvalue weighted by atomic mass is 10.1. The van der Waals surface area contributed by atoms with Gasteiger partial charge in [-0.15, -0.1) is 10.2 Å². The zero-order valence-electron chi connectivity index (χ0n) is 17.8. The van der Waals surface area contributed by atoms with Gasteiger partial charge in [0.1, 0.15) is 5.82 Å². The van der Waals surface area contributed by atoms with Crippen molar-refractivity contribution in [2.75, 3.05) is 24.3 Å². The molecule has 1 aromatic heterocycles. The second kappa shape index (κ2) is 9.87. The van der Waals surface area contributed by atoms with Gasteiger partial charge >= 0.3 is 0 Å². The van der Waals surface area contributed by atoms with Crippen LogP contribution in [0.1, 0.15) is 30.3 Å². The Kier molecular flexibility index (Phi) is 6.76. The van der Waals surface area contributed by atoms with Gasteiger partial charge in [0.15, 0.2) is 16.7 Å².